The lowest BCUT2D eigenvalue weighted by Gasteiger charge is -2.39. The van der Waals surface area contributed by atoms with E-state index in [0.29, 0.717) is 18.2 Å². The summed E-state index contributed by atoms with van der Waals surface area (Å²) in [5.41, 5.74) is 0.190. The maximum atomic E-state index is 13.4. The van der Waals surface area contributed by atoms with Gasteiger partial charge in [0.2, 0.25) is 5.91 Å². The van der Waals surface area contributed by atoms with Crippen LogP contribution in [-0.2, 0) is 4.79 Å². The van der Waals surface area contributed by atoms with Gasteiger partial charge in [-0.3, -0.25) is 4.79 Å². The Morgan fingerprint density at radius 3 is 2.81 bits per heavy atom. The summed E-state index contributed by atoms with van der Waals surface area (Å²) < 4.78 is 13.4. The molecule has 1 aromatic carbocycles. The summed E-state index contributed by atoms with van der Waals surface area (Å²) in [6.07, 6.45) is 2.17. The van der Waals surface area contributed by atoms with Crippen LogP contribution >= 0.6 is 0 Å². The molecule has 21 heavy (non-hydrogen) atoms. The molecule has 0 aromatic heterocycles. The van der Waals surface area contributed by atoms with E-state index in [1.807, 2.05) is 20.8 Å². The Morgan fingerprint density at radius 1 is 1.48 bits per heavy atom. The summed E-state index contributed by atoms with van der Waals surface area (Å²) in [4.78, 5) is 14.7. The minimum Gasteiger partial charge on any atom is -0.316 e. The fraction of sp³-hybridized carbons (Fsp3) is 0.588. The first kappa shape index (κ1) is 16.0. The summed E-state index contributed by atoms with van der Waals surface area (Å²) >= 11 is 0. The molecule has 1 aliphatic heterocycles. The number of anilines is 1. The molecule has 0 aliphatic carbocycles. The smallest absolute Gasteiger partial charge is 0.232 e. The van der Waals surface area contributed by atoms with E-state index in [4.69, 9.17) is 0 Å². The molecule has 4 heteroatoms. The zero-order valence-electron chi connectivity index (χ0n) is 13.2. The van der Waals surface area contributed by atoms with Gasteiger partial charge in [0.15, 0.2) is 0 Å². The number of piperidine rings is 1. The molecule has 0 spiro atoms. The molecule has 116 valence electrons. The Labute approximate surface area is 126 Å². The molecule has 1 unspecified atom stereocenters. The molecule has 1 saturated heterocycles. The van der Waals surface area contributed by atoms with E-state index < -0.39 is 5.41 Å². The second-order valence-electron chi connectivity index (χ2n) is 6.29. The summed E-state index contributed by atoms with van der Waals surface area (Å²) in [5, 5.41) is 3.37. The van der Waals surface area contributed by atoms with E-state index in [1.54, 1.807) is 17.0 Å². The lowest BCUT2D eigenvalue weighted by atomic mass is 9.74. The first-order valence-electron chi connectivity index (χ1n) is 7.75. The van der Waals surface area contributed by atoms with Gasteiger partial charge in [-0.15, -0.1) is 0 Å². The number of amides is 1. The Morgan fingerprint density at radius 2 is 2.24 bits per heavy atom. The fourth-order valence-electron chi connectivity index (χ4n) is 3.08. The molecule has 1 aliphatic rings. The Kier molecular flexibility index (Phi) is 4.99. The molecular formula is C17H25FN2O. The van der Waals surface area contributed by atoms with Crippen LogP contribution in [0.25, 0.3) is 0 Å². The summed E-state index contributed by atoms with van der Waals surface area (Å²) in [7, 11) is 0. The SMILES string of the molecule is CCN(C(=O)C(C)(C)C1CCCNC1)c1cccc(F)c1. The molecule has 1 atom stereocenters. The van der Waals surface area contributed by atoms with Gasteiger partial charge in [-0.2, -0.15) is 0 Å². The van der Waals surface area contributed by atoms with Gasteiger partial charge < -0.3 is 10.2 Å². The minimum atomic E-state index is -0.449. The van der Waals surface area contributed by atoms with Crippen molar-refractivity contribution < 1.29 is 9.18 Å². The summed E-state index contributed by atoms with van der Waals surface area (Å²) in [6.45, 7) is 8.40. The van der Waals surface area contributed by atoms with E-state index in [0.717, 1.165) is 25.9 Å². The van der Waals surface area contributed by atoms with Crippen molar-refractivity contribution >= 4 is 11.6 Å². The number of hydrogen-bond donors (Lipinski definition) is 1. The zero-order chi connectivity index (χ0) is 15.5. The van der Waals surface area contributed by atoms with Crippen LogP contribution in [0.15, 0.2) is 24.3 Å². The number of nitrogens with one attached hydrogen (secondary N) is 1. The zero-order valence-corrected chi connectivity index (χ0v) is 13.2. The van der Waals surface area contributed by atoms with E-state index in [9.17, 15) is 9.18 Å². The van der Waals surface area contributed by atoms with Gasteiger partial charge in [-0.1, -0.05) is 19.9 Å². The van der Waals surface area contributed by atoms with Gasteiger partial charge in [0.1, 0.15) is 5.82 Å². The highest BCUT2D eigenvalue weighted by Gasteiger charge is 2.39. The van der Waals surface area contributed by atoms with Gasteiger partial charge in [0.25, 0.3) is 0 Å². The molecule has 0 radical (unpaired) electrons. The van der Waals surface area contributed by atoms with Gasteiger partial charge in [-0.05, 0) is 57.0 Å². The van der Waals surface area contributed by atoms with Gasteiger partial charge in [-0.25, -0.2) is 4.39 Å². The van der Waals surface area contributed by atoms with Crippen LogP contribution in [0.3, 0.4) is 0 Å². The maximum absolute atomic E-state index is 13.4. The highest BCUT2D eigenvalue weighted by Crippen LogP contribution is 2.35. The fourth-order valence-corrected chi connectivity index (χ4v) is 3.08. The average Bonchev–Trinajstić information content (AvgIpc) is 2.49. The number of nitrogens with zero attached hydrogens (tertiary/aromatic N) is 1. The van der Waals surface area contributed by atoms with Gasteiger partial charge >= 0.3 is 0 Å². The van der Waals surface area contributed by atoms with E-state index in [1.165, 1.54) is 12.1 Å². The van der Waals surface area contributed by atoms with Crippen molar-refractivity contribution in [3.8, 4) is 0 Å². The summed E-state index contributed by atoms with van der Waals surface area (Å²) in [6, 6.07) is 6.27. The predicted octanol–water partition coefficient (Wildman–Crippen LogP) is 3.20. The molecule has 1 heterocycles. The van der Waals surface area contributed by atoms with E-state index >= 15 is 0 Å². The molecule has 0 saturated carbocycles. The third-order valence-electron chi connectivity index (χ3n) is 4.55. The van der Waals surface area contributed by atoms with Crippen molar-refractivity contribution in [1.82, 2.24) is 5.32 Å². The first-order chi connectivity index (χ1) is 9.96. The highest BCUT2D eigenvalue weighted by molar-refractivity contribution is 5.97. The Bertz CT molecular complexity index is 495. The van der Waals surface area contributed by atoms with Crippen molar-refractivity contribution in [1.29, 1.82) is 0 Å². The van der Waals surface area contributed by atoms with Crippen molar-refractivity contribution in [2.45, 2.75) is 33.6 Å². The van der Waals surface area contributed by atoms with Gasteiger partial charge in [0, 0.05) is 17.6 Å². The largest absolute Gasteiger partial charge is 0.316 e. The monoisotopic (exact) mass is 292 g/mol. The van der Waals surface area contributed by atoms with Crippen molar-refractivity contribution in [2.75, 3.05) is 24.5 Å². The molecule has 2 rings (SSSR count). The number of carbonyl (C=O) groups is 1. The second kappa shape index (κ2) is 6.56. The molecule has 1 aromatic rings. The molecule has 0 bridgehead atoms. The highest BCUT2D eigenvalue weighted by atomic mass is 19.1. The van der Waals surface area contributed by atoms with Crippen molar-refractivity contribution in [3.63, 3.8) is 0 Å². The molecule has 1 N–H and O–H groups in total. The lowest BCUT2D eigenvalue weighted by molar-refractivity contribution is -0.129. The van der Waals surface area contributed by atoms with Crippen molar-refractivity contribution in [3.05, 3.63) is 30.1 Å². The lowest BCUT2D eigenvalue weighted by Crippen LogP contribution is -2.49. The van der Waals surface area contributed by atoms with Crippen LogP contribution in [0.1, 0.15) is 33.6 Å². The molecular weight excluding hydrogens is 267 g/mol. The quantitative estimate of drug-likeness (QED) is 0.924. The third kappa shape index (κ3) is 3.43. The number of rotatable bonds is 4. The van der Waals surface area contributed by atoms with Crippen LogP contribution in [0.4, 0.5) is 10.1 Å². The van der Waals surface area contributed by atoms with Crippen LogP contribution in [0, 0.1) is 17.2 Å². The molecule has 1 fully saturated rings. The Balaban J connectivity index is 2.22. The first-order valence-corrected chi connectivity index (χ1v) is 7.75. The van der Waals surface area contributed by atoms with Crippen molar-refractivity contribution in [2.24, 2.45) is 11.3 Å². The minimum absolute atomic E-state index is 0.0734. The van der Waals surface area contributed by atoms with Gasteiger partial charge in [0.05, 0.1) is 0 Å². The number of hydrogen-bond acceptors (Lipinski definition) is 2. The molecule has 1 amide bonds. The maximum Gasteiger partial charge on any atom is 0.232 e. The normalized spacial score (nSPS) is 19.3. The van der Waals surface area contributed by atoms with Crippen LogP contribution in [0.5, 0.6) is 0 Å². The summed E-state index contributed by atoms with van der Waals surface area (Å²) in [5.74, 6) is 0.0848. The van der Waals surface area contributed by atoms with Crippen LogP contribution in [-0.4, -0.2) is 25.5 Å². The number of benzene rings is 1. The Hall–Kier alpha value is -1.42. The van der Waals surface area contributed by atoms with Crippen LogP contribution < -0.4 is 10.2 Å². The molecule has 3 nitrogen and oxygen atoms in total. The predicted molar refractivity (Wildman–Crippen MR) is 83.8 cm³/mol. The van der Waals surface area contributed by atoms with Crippen LogP contribution in [0.2, 0.25) is 0 Å². The second-order valence-corrected chi connectivity index (χ2v) is 6.29. The third-order valence-corrected chi connectivity index (χ3v) is 4.55. The van der Waals surface area contributed by atoms with E-state index in [-0.39, 0.29) is 11.7 Å². The average molecular weight is 292 g/mol. The standard InChI is InChI=1S/C17H25FN2O/c1-4-20(15-9-5-8-14(18)11-15)16(21)17(2,3)13-7-6-10-19-12-13/h5,8-9,11,13,19H,4,6-7,10,12H2,1-3H3. The topological polar surface area (TPSA) is 32.3 Å². The number of carbonyl (C=O) groups excluding carboxylic acids is 1. The van der Waals surface area contributed by atoms with E-state index in [2.05, 4.69) is 5.32 Å². The number of halogens is 1.